The fraction of sp³-hybridized carbons (Fsp3) is 0.350. The average molecular weight is 399 g/mol. The van der Waals surface area contributed by atoms with E-state index in [2.05, 4.69) is 10.1 Å². The van der Waals surface area contributed by atoms with Gasteiger partial charge in [0, 0.05) is 36.9 Å². The van der Waals surface area contributed by atoms with Crippen molar-refractivity contribution >= 4 is 17.2 Å². The van der Waals surface area contributed by atoms with Crippen molar-refractivity contribution in [1.29, 1.82) is 0 Å². The highest BCUT2D eigenvalue weighted by Crippen LogP contribution is 2.33. The first kappa shape index (κ1) is 18.5. The third-order valence-electron chi connectivity index (χ3n) is 4.87. The van der Waals surface area contributed by atoms with Gasteiger partial charge in [-0.25, -0.2) is 0 Å². The highest BCUT2D eigenvalue weighted by Gasteiger charge is 2.23. The molecule has 0 bridgehead atoms. The molecule has 0 N–H and O–H groups in total. The predicted octanol–water partition coefficient (Wildman–Crippen LogP) is 3.33. The van der Waals surface area contributed by atoms with E-state index < -0.39 is 0 Å². The molecule has 3 heterocycles. The summed E-state index contributed by atoms with van der Waals surface area (Å²) in [5.41, 5.74) is 3.22. The zero-order chi connectivity index (χ0) is 19.5. The van der Waals surface area contributed by atoms with Crippen LogP contribution in [0, 0.1) is 0 Å². The van der Waals surface area contributed by atoms with E-state index in [1.165, 1.54) is 5.56 Å². The minimum Gasteiger partial charge on any atom is -0.493 e. The van der Waals surface area contributed by atoms with Gasteiger partial charge in [-0.1, -0.05) is 5.16 Å². The Morgan fingerprint density at radius 3 is 2.75 bits per heavy atom. The zero-order valence-electron chi connectivity index (χ0n) is 15.8. The van der Waals surface area contributed by atoms with Gasteiger partial charge >= 0.3 is 0 Å². The number of amides is 1. The summed E-state index contributed by atoms with van der Waals surface area (Å²) < 4.78 is 16.0. The normalized spacial score (nSPS) is 13.3. The first-order chi connectivity index (χ1) is 13.7. The number of ether oxygens (including phenoxy) is 2. The lowest BCUT2D eigenvalue weighted by atomic mass is 9.98. The molecule has 2 aromatic heterocycles. The van der Waals surface area contributed by atoms with Crippen molar-refractivity contribution in [2.75, 3.05) is 20.8 Å². The lowest BCUT2D eigenvalue weighted by molar-refractivity contribution is -0.132. The van der Waals surface area contributed by atoms with Crippen molar-refractivity contribution in [1.82, 2.24) is 15.0 Å². The Labute approximate surface area is 166 Å². The number of rotatable bonds is 6. The number of carbonyl (C=O) groups excluding carboxylic acids is 1. The smallest absolute Gasteiger partial charge is 0.227 e. The minimum absolute atomic E-state index is 0.0794. The first-order valence-corrected chi connectivity index (χ1v) is 9.99. The number of carbonyl (C=O) groups is 1. The molecule has 0 aliphatic carbocycles. The van der Waals surface area contributed by atoms with Crippen LogP contribution in [0.5, 0.6) is 11.5 Å². The molecule has 0 saturated heterocycles. The van der Waals surface area contributed by atoms with E-state index >= 15 is 0 Å². The highest BCUT2D eigenvalue weighted by atomic mass is 32.1. The van der Waals surface area contributed by atoms with Gasteiger partial charge in [0.25, 0.3) is 0 Å². The van der Waals surface area contributed by atoms with Crippen molar-refractivity contribution in [2.24, 2.45) is 0 Å². The summed E-state index contributed by atoms with van der Waals surface area (Å²) in [6.45, 7) is 1.25. The zero-order valence-corrected chi connectivity index (χ0v) is 16.6. The van der Waals surface area contributed by atoms with Crippen molar-refractivity contribution in [3.63, 3.8) is 0 Å². The van der Waals surface area contributed by atoms with Crippen molar-refractivity contribution in [3.05, 3.63) is 46.0 Å². The molecule has 28 heavy (non-hydrogen) atoms. The molecular weight excluding hydrogens is 378 g/mol. The molecule has 0 atom stereocenters. The van der Waals surface area contributed by atoms with Crippen molar-refractivity contribution < 1.29 is 18.8 Å². The van der Waals surface area contributed by atoms with E-state index in [-0.39, 0.29) is 5.91 Å². The number of hydrogen-bond acceptors (Lipinski definition) is 7. The van der Waals surface area contributed by atoms with Gasteiger partial charge in [-0.2, -0.15) is 16.3 Å². The Hall–Kier alpha value is -2.87. The molecule has 0 fully saturated rings. The third-order valence-corrected chi connectivity index (χ3v) is 5.55. The average Bonchev–Trinajstić information content (AvgIpc) is 3.42. The molecule has 0 spiro atoms. The maximum atomic E-state index is 12.7. The molecule has 0 unspecified atom stereocenters. The van der Waals surface area contributed by atoms with Crippen LogP contribution in [-0.4, -0.2) is 41.7 Å². The topological polar surface area (TPSA) is 77.7 Å². The summed E-state index contributed by atoms with van der Waals surface area (Å²) in [5, 5.41) is 7.92. The van der Waals surface area contributed by atoms with E-state index in [1.807, 2.05) is 33.9 Å². The lowest BCUT2D eigenvalue weighted by Crippen LogP contribution is -2.36. The van der Waals surface area contributed by atoms with Crippen molar-refractivity contribution in [3.8, 4) is 22.9 Å². The second-order valence-corrected chi connectivity index (χ2v) is 7.34. The number of hydrogen-bond donors (Lipinski definition) is 0. The van der Waals surface area contributed by atoms with Gasteiger partial charge in [0.2, 0.25) is 17.6 Å². The Kier molecular flexibility index (Phi) is 5.29. The van der Waals surface area contributed by atoms with E-state index in [9.17, 15) is 4.79 Å². The van der Waals surface area contributed by atoms with Gasteiger partial charge in [0.05, 0.1) is 14.2 Å². The van der Waals surface area contributed by atoms with Gasteiger partial charge in [-0.15, -0.1) is 0 Å². The van der Waals surface area contributed by atoms with E-state index in [0.717, 1.165) is 23.3 Å². The number of nitrogens with zero attached hydrogens (tertiary/aromatic N) is 3. The van der Waals surface area contributed by atoms with Crippen LogP contribution in [0.3, 0.4) is 0 Å². The molecule has 1 amide bonds. The lowest BCUT2D eigenvalue weighted by Gasteiger charge is -2.29. The van der Waals surface area contributed by atoms with Crippen LogP contribution in [0.15, 0.2) is 33.5 Å². The minimum atomic E-state index is 0.0794. The molecule has 1 aromatic carbocycles. The third kappa shape index (κ3) is 3.73. The molecule has 3 aromatic rings. The molecular formula is C20H21N3O4S. The molecule has 8 heteroatoms. The van der Waals surface area contributed by atoms with Crippen LogP contribution < -0.4 is 9.47 Å². The van der Waals surface area contributed by atoms with Gasteiger partial charge in [0.1, 0.15) is 0 Å². The fourth-order valence-corrected chi connectivity index (χ4v) is 3.97. The van der Waals surface area contributed by atoms with Gasteiger partial charge < -0.3 is 18.9 Å². The Morgan fingerprint density at radius 1 is 1.25 bits per heavy atom. The van der Waals surface area contributed by atoms with Crippen LogP contribution in [-0.2, 0) is 24.2 Å². The molecule has 146 valence electrons. The second kappa shape index (κ2) is 8.02. The number of thiophene rings is 1. The maximum absolute atomic E-state index is 12.7. The first-order valence-electron chi connectivity index (χ1n) is 9.04. The van der Waals surface area contributed by atoms with E-state index in [4.69, 9.17) is 14.0 Å². The Balaban J connectivity index is 1.38. The van der Waals surface area contributed by atoms with Gasteiger partial charge in [0.15, 0.2) is 11.5 Å². The summed E-state index contributed by atoms with van der Waals surface area (Å²) in [6.07, 6.45) is 1.57. The Morgan fingerprint density at radius 2 is 2.04 bits per heavy atom. The molecule has 4 rings (SSSR count). The summed E-state index contributed by atoms with van der Waals surface area (Å²) in [4.78, 5) is 18.9. The molecule has 0 saturated carbocycles. The number of methoxy groups -OCH3 is 2. The molecule has 7 nitrogen and oxygen atoms in total. The molecule has 1 aliphatic heterocycles. The highest BCUT2D eigenvalue weighted by molar-refractivity contribution is 7.08. The van der Waals surface area contributed by atoms with Gasteiger partial charge in [-0.3, -0.25) is 4.79 Å². The summed E-state index contributed by atoms with van der Waals surface area (Å²) >= 11 is 1.58. The van der Waals surface area contributed by atoms with Crippen LogP contribution in [0.2, 0.25) is 0 Å². The van der Waals surface area contributed by atoms with E-state index in [0.29, 0.717) is 43.4 Å². The van der Waals surface area contributed by atoms with Crippen LogP contribution in [0.25, 0.3) is 11.4 Å². The van der Waals surface area contributed by atoms with Crippen molar-refractivity contribution in [2.45, 2.75) is 25.8 Å². The standard InChI is InChI=1S/C20H21N3O4S/c1-25-16-9-13-5-7-23(11-15(13)10-17(16)26-2)19(24)4-3-18-21-20(22-27-18)14-6-8-28-12-14/h6,8-10,12H,3-5,7,11H2,1-2H3. The number of benzene rings is 1. The Bertz CT molecular complexity index is 968. The number of aryl methyl sites for hydroxylation is 1. The second-order valence-electron chi connectivity index (χ2n) is 6.56. The van der Waals surface area contributed by atoms with Gasteiger partial charge in [-0.05, 0) is 41.1 Å². The largest absolute Gasteiger partial charge is 0.493 e. The summed E-state index contributed by atoms with van der Waals surface area (Å²) in [5.74, 6) is 2.53. The van der Waals surface area contributed by atoms with Crippen LogP contribution in [0.1, 0.15) is 23.4 Å². The molecule has 1 aliphatic rings. The van der Waals surface area contributed by atoms with Crippen LogP contribution in [0.4, 0.5) is 0 Å². The number of aromatic nitrogens is 2. The summed E-state index contributed by atoms with van der Waals surface area (Å²) in [6, 6.07) is 5.90. The molecule has 0 radical (unpaired) electrons. The van der Waals surface area contributed by atoms with E-state index in [1.54, 1.807) is 25.6 Å². The monoisotopic (exact) mass is 399 g/mol. The predicted molar refractivity (Wildman–Crippen MR) is 105 cm³/mol. The number of fused-ring (bicyclic) bond motifs is 1. The van der Waals surface area contributed by atoms with Crippen LogP contribution >= 0.6 is 11.3 Å². The maximum Gasteiger partial charge on any atom is 0.227 e. The quantitative estimate of drug-likeness (QED) is 0.633. The summed E-state index contributed by atoms with van der Waals surface area (Å²) in [7, 11) is 3.25. The SMILES string of the molecule is COc1cc2c(cc1OC)CN(C(=O)CCc1nc(-c3ccsc3)no1)CC2. The fourth-order valence-electron chi connectivity index (χ4n) is 3.33.